The smallest absolute Gasteiger partial charge is 0.288 e. The van der Waals surface area contributed by atoms with E-state index in [0.717, 1.165) is 10.3 Å². The zero-order valence-corrected chi connectivity index (χ0v) is 14.2. The van der Waals surface area contributed by atoms with E-state index in [1.165, 1.54) is 11.3 Å². The second-order valence-electron chi connectivity index (χ2n) is 4.71. The van der Waals surface area contributed by atoms with E-state index in [2.05, 4.69) is 10.3 Å². The van der Waals surface area contributed by atoms with Crippen molar-refractivity contribution >= 4 is 55.7 Å². The molecule has 2 aromatic heterocycles. The molecule has 0 saturated heterocycles. The molecule has 8 heteroatoms. The van der Waals surface area contributed by atoms with E-state index in [1.54, 1.807) is 29.5 Å². The lowest BCUT2D eigenvalue weighted by Gasteiger charge is -1.99. The van der Waals surface area contributed by atoms with Crippen molar-refractivity contribution in [2.75, 3.05) is 5.32 Å². The van der Waals surface area contributed by atoms with Gasteiger partial charge in [0.25, 0.3) is 5.76 Å². The fourth-order valence-electron chi connectivity index (χ4n) is 2.01. The number of benzene rings is 1. The number of carbonyl (C=O) groups is 1. The maximum absolute atomic E-state index is 12.4. The van der Waals surface area contributed by atoms with Crippen molar-refractivity contribution in [1.29, 1.82) is 0 Å². The molecule has 1 amide bonds. The number of halogens is 2. The molecule has 3 aromatic rings. The fraction of sp³-hybridized carbons (Fsp3) is 0.200. The number of fused-ring (bicyclic) bond motifs is 1. The Kier molecular flexibility index (Phi) is 5.24. The van der Waals surface area contributed by atoms with Gasteiger partial charge in [0.2, 0.25) is 5.91 Å². The van der Waals surface area contributed by atoms with Crippen LogP contribution in [0.4, 0.5) is 13.9 Å². The van der Waals surface area contributed by atoms with Crippen LogP contribution in [0.5, 0.6) is 0 Å². The van der Waals surface area contributed by atoms with Gasteiger partial charge in [-0.2, -0.15) is 20.1 Å². The summed E-state index contributed by atoms with van der Waals surface area (Å²) in [7, 11) is 0. The molecule has 0 spiro atoms. The van der Waals surface area contributed by atoms with E-state index in [0.29, 0.717) is 40.1 Å². The highest BCUT2D eigenvalue weighted by atomic mass is 32.2. The molecule has 120 valence electrons. The quantitative estimate of drug-likeness (QED) is 0.603. The van der Waals surface area contributed by atoms with E-state index in [1.807, 2.05) is 16.8 Å². The predicted octanol–water partition coefficient (Wildman–Crippen LogP) is 5.24. The Morgan fingerprint density at radius 1 is 1.35 bits per heavy atom. The van der Waals surface area contributed by atoms with Crippen LogP contribution in [0.15, 0.2) is 39.9 Å². The Labute approximate surface area is 143 Å². The highest BCUT2D eigenvalue weighted by Gasteiger charge is 2.11. The first-order valence-electron chi connectivity index (χ1n) is 6.76. The number of nitrogens with zero attached hydrogens (tertiary/aromatic N) is 1. The topological polar surface area (TPSA) is 42.0 Å². The average molecular weight is 370 g/mol. The van der Waals surface area contributed by atoms with Gasteiger partial charge in [-0.15, -0.1) is 0 Å². The summed E-state index contributed by atoms with van der Waals surface area (Å²) < 4.78 is 25.6. The van der Waals surface area contributed by atoms with Crippen LogP contribution < -0.4 is 5.32 Å². The van der Waals surface area contributed by atoms with E-state index in [4.69, 9.17) is 0 Å². The number of hydrogen-bond donors (Lipinski definition) is 1. The molecular formula is C15H12F2N2OS3. The zero-order valence-electron chi connectivity index (χ0n) is 11.8. The van der Waals surface area contributed by atoms with Gasteiger partial charge in [0.05, 0.1) is 10.2 Å². The second-order valence-corrected chi connectivity index (χ2v) is 7.58. The Bertz CT molecular complexity index is 802. The number of thioether (sulfide) groups is 1. The molecule has 0 atom stereocenters. The molecule has 0 aliphatic carbocycles. The SMILES string of the molecule is O=C(CCc1ccsc1)Nc1nc2ccc(SC(F)F)cc2s1. The van der Waals surface area contributed by atoms with Crippen molar-refractivity contribution in [2.45, 2.75) is 23.5 Å². The van der Waals surface area contributed by atoms with Crippen LogP contribution in [-0.2, 0) is 11.2 Å². The van der Waals surface area contributed by atoms with Crippen LogP contribution in [0.2, 0.25) is 0 Å². The van der Waals surface area contributed by atoms with Gasteiger partial charge in [0.15, 0.2) is 5.13 Å². The molecule has 0 saturated carbocycles. The minimum absolute atomic E-state index is 0.0996. The Morgan fingerprint density at radius 2 is 2.22 bits per heavy atom. The third kappa shape index (κ3) is 4.49. The minimum Gasteiger partial charge on any atom is -0.302 e. The highest BCUT2D eigenvalue weighted by Crippen LogP contribution is 2.32. The summed E-state index contributed by atoms with van der Waals surface area (Å²) in [5.74, 6) is -2.55. The summed E-state index contributed by atoms with van der Waals surface area (Å²) in [6, 6.07) is 6.97. The van der Waals surface area contributed by atoms with Gasteiger partial charge in [-0.3, -0.25) is 4.79 Å². The normalized spacial score (nSPS) is 11.3. The number of thiophene rings is 1. The maximum atomic E-state index is 12.4. The number of amides is 1. The van der Waals surface area contributed by atoms with E-state index < -0.39 is 5.76 Å². The summed E-state index contributed by atoms with van der Waals surface area (Å²) in [5, 5.41) is 7.27. The van der Waals surface area contributed by atoms with Crippen molar-refractivity contribution < 1.29 is 13.6 Å². The highest BCUT2D eigenvalue weighted by molar-refractivity contribution is 7.99. The Morgan fingerprint density at radius 3 is 2.96 bits per heavy atom. The van der Waals surface area contributed by atoms with Gasteiger partial charge in [-0.05, 0) is 47.0 Å². The first-order valence-corrected chi connectivity index (χ1v) is 9.40. The molecule has 0 unspecified atom stereocenters. The fourth-order valence-corrected chi connectivity index (χ4v) is 4.25. The molecule has 1 N–H and O–H groups in total. The molecular weight excluding hydrogens is 358 g/mol. The van der Waals surface area contributed by atoms with Crippen LogP contribution >= 0.6 is 34.4 Å². The number of hydrogen-bond acceptors (Lipinski definition) is 5. The van der Waals surface area contributed by atoms with Crippen LogP contribution in [-0.4, -0.2) is 16.6 Å². The molecule has 1 aromatic carbocycles. The summed E-state index contributed by atoms with van der Waals surface area (Å²) in [6.45, 7) is 0. The molecule has 0 aliphatic rings. The largest absolute Gasteiger partial charge is 0.302 e. The van der Waals surface area contributed by atoms with Crippen molar-refractivity contribution in [1.82, 2.24) is 4.98 Å². The minimum atomic E-state index is -2.45. The van der Waals surface area contributed by atoms with Gasteiger partial charge >= 0.3 is 0 Å². The zero-order chi connectivity index (χ0) is 16.2. The van der Waals surface area contributed by atoms with Crippen molar-refractivity contribution in [3.63, 3.8) is 0 Å². The molecule has 23 heavy (non-hydrogen) atoms. The van der Waals surface area contributed by atoms with E-state index >= 15 is 0 Å². The lowest BCUT2D eigenvalue weighted by Crippen LogP contribution is -2.11. The summed E-state index contributed by atoms with van der Waals surface area (Å²) >= 11 is 3.40. The van der Waals surface area contributed by atoms with Crippen molar-refractivity contribution in [2.24, 2.45) is 0 Å². The molecule has 0 aliphatic heterocycles. The third-order valence-corrected chi connectivity index (χ3v) is 5.42. The van der Waals surface area contributed by atoms with E-state index in [9.17, 15) is 13.6 Å². The number of aromatic nitrogens is 1. The number of alkyl halides is 2. The predicted molar refractivity (Wildman–Crippen MR) is 92.8 cm³/mol. The molecule has 3 rings (SSSR count). The summed E-state index contributed by atoms with van der Waals surface area (Å²) in [4.78, 5) is 16.8. The van der Waals surface area contributed by atoms with Crippen molar-refractivity contribution in [3.05, 3.63) is 40.6 Å². The lowest BCUT2D eigenvalue weighted by atomic mass is 10.2. The summed E-state index contributed by atoms with van der Waals surface area (Å²) in [5.41, 5.74) is 1.84. The molecule has 2 heterocycles. The van der Waals surface area contributed by atoms with Crippen molar-refractivity contribution in [3.8, 4) is 0 Å². The first kappa shape index (κ1) is 16.4. The molecule has 0 radical (unpaired) electrons. The number of thiazole rings is 1. The van der Waals surface area contributed by atoms with Crippen LogP contribution in [0.25, 0.3) is 10.2 Å². The van der Waals surface area contributed by atoms with Gasteiger partial charge in [-0.25, -0.2) is 4.98 Å². The van der Waals surface area contributed by atoms with E-state index in [-0.39, 0.29) is 5.91 Å². The summed E-state index contributed by atoms with van der Waals surface area (Å²) in [6.07, 6.45) is 1.08. The second kappa shape index (κ2) is 7.37. The Balaban J connectivity index is 1.64. The van der Waals surface area contributed by atoms with Crippen LogP contribution in [0.1, 0.15) is 12.0 Å². The lowest BCUT2D eigenvalue weighted by molar-refractivity contribution is -0.116. The third-order valence-electron chi connectivity index (χ3n) is 3.05. The molecule has 3 nitrogen and oxygen atoms in total. The number of aryl methyl sites for hydroxylation is 1. The van der Waals surface area contributed by atoms with Crippen LogP contribution in [0.3, 0.4) is 0 Å². The van der Waals surface area contributed by atoms with Gasteiger partial charge in [-0.1, -0.05) is 23.1 Å². The number of rotatable bonds is 6. The van der Waals surface area contributed by atoms with Crippen LogP contribution in [0, 0.1) is 0 Å². The maximum Gasteiger partial charge on any atom is 0.288 e. The molecule has 0 bridgehead atoms. The Hall–Kier alpha value is -1.51. The van der Waals surface area contributed by atoms with Gasteiger partial charge < -0.3 is 5.32 Å². The number of carbonyl (C=O) groups excluding carboxylic acids is 1. The first-order chi connectivity index (χ1) is 11.1. The molecule has 0 fully saturated rings. The van der Waals surface area contributed by atoms with Gasteiger partial charge in [0, 0.05) is 11.3 Å². The number of anilines is 1. The standard InChI is InChI=1S/C15H12F2N2OS3/c16-14(17)22-10-2-3-11-12(7-10)23-15(18-11)19-13(20)4-1-9-5-6-21-8-9/h2-3,5-8,14H,1,4H2,(H,18,19,20). The van der Waals surface area contributed by atoms with Gasteiger partial charge in [0.1, 0.15) is 0 Å². The monoisotopic (exact) mass is 370 g/mol. The number of nitrogens with one attached hydrogen (secondary N) is 1. The average Bonchev–Trinajstić information content (AvgIpc) is 3.12.